The average molecular weight is 335 g/mol. The fourth-order valence-electron chi connectivity index (χ4n) is 2.00. The maximum atomic E-state index is 11.5. The van der Waals surface area contributed by atoms with Crippen molar-refractivity contribution >= 4 is 21.8 Å². The molecule has 1 unspecified atom stereocenters. The highest BCUT2D eigenvalue weighted by Gasteiger charge is 2.16. The molecule has 0 aliphatic carbocycles. The lowest BCUT2D eigenvalue weighted by Gasteiger charge is -2.25. The minimum atomic E-state index is -3.22. The van der Waals surface area contributed by atoms with Crippen LogP contribution >= 0.6 is 0 Å². The standard InChI is InChI=1S/C15H17N3O4S/c1-10(11-4-6-13(7-5-11)23(3,21)22)18(2)15-16-8-12(9-17-15)14(19)20/h4-10H,1-3H3,(H,19,20). The third-order valence-electron chi connectivity index (χ3n) is 3.57. The lowest BCUT2D eigenvalue weighted by atomic mass is 10.1. The molecule has 0 fully saturated rings. The Morgan fingerprint density at radius 1 is 1.17 bits per heavy atom. The van der Waals surface area contributed by atoms with Crippen molar-refractivity contribution in [1.29, 1.82) is 0 Å². The number of rotatable bonds is 5. The van der Waals surface area contributed by atoms with Gasteiger partial charge in [-0.1, -0.05) is 12.1 Å². The van der Waals surface area contributed by atoms with Crippen molar-refractivity contribution in [3.8, 4) is 0 Å². The Morgan fingerprint density at radius 2 is 1.70 bits per heavy atom. The largest absolute Gasteiger partial charge is 0.478 e. The Labute approximate surface area is 134 Å². The quantitative estimate of drug-likeness (QED) is 0.888. The average Bonchev–Trinajstić information content (AvgIpc) is 2.53. The van der Waals surface area contributed by atoms with Crippen LogP contribution < -0.4 is 4.90 Å². The molecule has 2 aromatic rings. The highest BCUT2D eigenvalue weighted by molar-refractivity contribution is 7.90. The van der Waals surface area contributed by atoms with E-state index >= 15 is 0 Å². The van der Waals surface area contributed by atoms with Crippen LogP contribution in [-0.4, -0.2) is 42.8 Å². The summed E-state index contributed by atoms with van der Waals surface area (Å²) in [7, 11) is -1.44. The molecule has 1 aromatic carbocycles. The van der Waals surface area contributed by atoms with Crippen LogP contribution in [0.5, 0.6) is 0 Å². The van der Waals surface area contributed by atoms with E-state index in [1.807, 2.05) is 6.92 Å². The van der Waals surface area contributed by atoms with E-state index in [2.05, 4.69) is 9.97 Å². The number of carboxylic acids is 1. The molecule has 0 amide bonds. The lowest BCUT2D eigenvalue weighted by molar-refractivity contribution is 0.0696. The number of hydrogen-bond donors (Lipinski definition) is 1. The van der Waals surface area contributed by atoms with Crippen LogP contribution in [0.2, 0.25) is 0 Å². The van der Waals surface area contributed by atoms with Gasteiger partial charge < -0.3 is 10.0 Å². The van der Waals surface area contributed by atoms with Gasteiger partial charge >= 0.3 is 5.97 Å². The molecule has 0 bridgehead atoms. The smallest absolute Gasteiger partial charge is 0.338 e. The monoisotopic (exact) mass is 335 g/mol. The molecule has 1 N–H and O–H groups in total. The van der Waals surface area contributed by atoms with Gasteiger partial charge in [0, 0.05) is 25.7 Å². The Morgan fingerprint density at radius 3 is 2.13 bits per heavy atom. The molecule has 8 heteroatoms. The van der Waals surface area contributed by atoms with E-state index in [0.717, 1.165) is 11.8 Å². The topological polar surface area (TPSA) is 100 Å². The zero-order chi connectivity index (χ0) is 17.2. The highest BCUT2D eigenvalue weighted by Crippen LogP contribution is 2.23. The zero-order valence-electron chi connectivity index (χ0n) is 13.0. The van der Waals surface area contributed by atoms with Crippen LogP contribution in [0.3, 0.4) is 0 Å². The fraction of sp³-hybridized carbons (Fsp3) is 0.267. The molecule has 1 aromatic heterocycles. The van der Waals surface area contributed by atoms with Gasteiger partial charge in [-0.05, 0) is 24.6 Å². The molecular weight excluding hydrogens is 318 g/mol. The maximum absolute atomic E-state index is 11.5. The Balaban J connectivity index is 2.22. The minimum Gasteiger partial charge on any atom is -0.478 e. The number of benzene rings is 1. The van der Waals surface area contributed by atoms with E-state index in [9.17, 15) is 13.2 Å². The normalized spacial score (nSPS) is 12.7. The number of carboxylic acid groups (broad SMARTS) is 1. The molecule has 0 saturated carbocycles. The van der Waals surface area contributed by atoms with Crippen molar-refractivity contribution in [2.75, 3.05) is 18.2 Å². The zero-order valence-corrected chi connectivity index (χ0v) is 13.8. The molecule has 0 aliphatic heterocycles. The summed E-state index contributed by atoms with van der Waals surface area (Å²) in [4.78, 5) is 20.9. The molecule has 0 aliphatic rings. The first-order chi connectivity index (χ1) is 10.7. The maximum Gasteiger partial charge on any atom is 0.338 e. The number of sulfone groups is 1. The minimum absolute atomic E-state index is 0.0207. The number of anilines is 1. The number of hydrogen-bond acceptors (Lipinski definition) is 6. The molecule has 23 heavy (non-hydrogen) atoms. The van der Waals surface area contributed by atoms with Gasteiger partial charge in [0.1, 0.15) is 0 Å². The van der Waals surface area contributed by atoms with E-state index < -0.39 is 15.8 Å². The summed E-state index contributed by atoms with van der Waals surface area (Å²) in [6.07, 6.45) is 3.66. The predicted octanol–water partition coefficient (Wildman–Crippen LogP) is 1.78. The van der Waals surface area contributed by atoms with Gasteiger partial charge in [0.2, 0.25) is 5.95 Å². The summed E-state index contributed by atoms with van der Waals surface area (Å²) in [5, 5.41) is 8.85. The van der Waals surface area contributed by atoms with Gasteiger partial charge in [0.15, 0.2) is 9.84 Å². The van der Waals surface area contributed by atoms with Gasteiger partial charge in [0.05, 0.1) is 16.5 Å². The molecule has 1 heterocycles. The van der Waals surface area contributed by atoms with Crippen molar-refractivity contribution in [2.24, 2.45) is 0 Å². The highest BCUT2D eigenvalue weighted by atomic mass is 32.2. The van der Waals surface area contributed by atoms with E-state index in [0.29, 0.717) is 5.95 Å². The number of aromatic carboxylic acids is 1. The summed E-state index contributed by atoms with van der Waals surface area (Å²) in [6.45, 7) is 1.92. The van der Waals surface area contributed by atoms with E-state index in [1.165, 1.54) is 12.4 Å². The SMILES string of the molecule is CC(c1ccc(S(C)(=O)=O)cc1)N(C)c1ncc(C(=O)O)cn1. The molecule has 2 rings (SSSR count). The lowest BCUT2D eigenvalue weighted by Crippen LogP contribution is -2.24. The van der Waals surface area contributed by atoms with Gasteiger partial charge in [-0.2, -0.15) is 0 Å². The second kappa shape index (κ2) is 6.33. The van der Waals surface area contributed by atoms with Crippen LogP contribution in [0.25, 0.3) is 0 Å². The predicted molar refractivity (Wildman–Crippen MR) is 85.4 cm³/mol. The summed E-state index contributed by atoms with van der Waals surface area (Å²) >= 11 is 0. The third-order valence-corrected chi connectivity index (χ3v) is 4.70. The van der Waals surface area contributed by atoms with Gasteiger partial charge in [-0.3, -0.25) is 0 Å². The van der Waals surface area contributed by atoms with E-state index in [-0.39, 0.29) is 16.5 Å². The fourth-order valence-corrected chi connectivity index (χ4v) is 2.63. The third kappa shape index (κ3) is 3.84. The van der Waals surface area contributed by atoms with Gasteiger partial charge in [-0.15, -0.1) is 0 Å². The van der Waals surface area contributed by atoms with Crippen LogP contribution in [0.15, 0.2) is 41.6 Å². The van der Waals surface area contributed by atoms with Crippen molar-refractivity contribution in [3.05, 3.63) is 47.8 Å². The molecule has 0 radical (unpaired) electrons. The van der Waals surface area contributed by atoms with Crippen molar-refractivity contribution in [1.82, 2.24) is 9.97 Å². The van der Waals surface area contributed by atoms with Crippen molar-refractivity contribution in [2.45, 2.75) is 17.9 Å². The molecule has 122 valence electrons. The van der Waals surface area contributed by atoms with E-state index in [1.54, 1.807) is 36.2 Å². The molecule has 1 atom stereocenters. The molecule has 7 nitrogen and oxygen atoms in total. The molecular formula is C15H17N3O4S. The van der Waals surface area contributed by atoms with Gasteiger partial charge in [-0.25, -0.2) is 23.2 Å². The Kier molecular flexibility index (Phi) is 4.65. The Hall–Kier alpha value is -2.48. The molecule has 0 saturated heterocycles. The summed E-state index contributed by atoms with van der Waals surface area (Å²) in [5.74, 6) is -0.696. The summed E-state index contributed by atoms with van der Waals surface area (Å²) in [5.41, 5.74) is 0.915. The van der Waals surface area contributed by atoms with Crippen LogP contribution in [0.1, 0.15) is 28.9 Å². The number of carbonyl (C=O) groups is 1. The van der Waals surface area contributed by atoms with Crippen molar-refractivity contribution in [3.63, 3.8) is 0 Å². The first kappa shape index (κ1) is 16.9. The van der Waals surface area contributed by atoms with Crippen LogP contribution in [0.4, 0.5) is 5.95 Å². The van der Waals surface area contributed by atoms with E-state index in [4.69, 9.17) is 5.11 Å². The second-order valence-electron chi connectivity index (χ2n) is 5.20. The van der Waals surface area contributed by atoms with Crippen LogP contribution in [-0.2, 0) is 9.84 Å². The first-order valence-electron chi connectivity index (χ1n) is 6.78. The second-order valence-corrected chi connectivity index (χ2v) is 7.22. The van der Waals surface area contributed by atoms with Crippen molar-refractivity contribution < 1.29 is 18.3 Å². The first-order valence-corrected chi connectivity index (χ1v) is 8.67. The van der Waals surface area contributed by atoms with Gasteiger partial charge in [0.25, 0.3) is 0 Å². The number of nitrogens with zero attached hydrogens (tertiary/aromatic N) is 3. The number of aromatic nitrogens is 2. The molecule has 0 spiro atoms. The summed E-state index contributed by atoms with van der Waals surface area (Å²) < 4.78 is 23.0. The van der Waals surface area contributed by atoms with Crippen LogP contribution in [0, 0.1) is 0 Å². The Bertz CT molecular complexity index is 802. The summed E-state index contributed by atoms with van der Waals surface area (Å²) in [6, 6.07) is 6.48.